The van der Waals surface area contributed by atoms with Crippen molar-refractivity contribution in [2.24, 2.45) is 5.92 Å². The predicted molar refractivity (Wildman–Crippen MR) is 137 cm³/mol. The Morgan fingerprint density at radius 2 is 1.91 bits per heavy atom. The molecule has 0 saturated heterocycles. The number of halogens is 1. The Labute approximate surface area is 206 Å². The van der Waals surface area contributed by atoms with Crippen LogP contribution in [0.2, 0.25) is 0 Å². The maximum absolute atomic E-state index is 11.1. The number of fused-ring (bicyclic) bond motifs is 1. The summed E-state index contributed by atoms with van der Waals surface area (Å²) in [5.41, 5.74) is 1.40. The first-order chi connectivity index (χ1) is 16.3. The smallest absolute Gasteiger partial charge is 0.271 e. The van der Waals surface area contributed by atoms with Crippen molar-refractivity contribution in [1.29, 1.82) is 0 Å². The van der Waals surface area contributed by atoms with Gasteiger partial charge in [-0.3, -0.25) is 10.1 Å². The molecule has 34 heavy (non-hydrogen) atoms. The van der Waals surface area contributed by atoms with Gasteiger partial charge in [-0.05, 0) is 66.2 Å². The summed E-state index contributed by atoms with van der Waals surface area (Å²) < 4.78 is 0.332. The number of hydrogen-bond donors (Lipinski definition) is 3. The second-order valence-electron chi connectivity index (χ2n) is 8.97. The van der Waals surface area contributed by atoms with Crippen LogP contribution >= 0.6 is 15.9 Å². The van der Waals surface area contributed by atoms with Gasteiger partial charge >= 0.3 is 0 Å². The number of nitro groups is 1. The first kappa shape index (κ1) is 24.2. The lowest BCUT2D eigenvalue weighted by Gasteiger charge is -2.29. The van der Waals surface area contributed by atoms with Gasteiger partial charge in [0.25, 0.3) is 5.69 Å². The molecule has 0 aliphatic heterocycles. The van der Waals surface area contributed by atoms with Gasteiger partial charge in [0.2, 0.25) is 5.95 Å². The first-order valence-electron chi connectivity index (χ1n) is 11.4. The molecule has 0 radical (unpaired) electrons. The van der Waals surface area contributed by atoms with E-state index in [9.17, 15) is 15.2 Å². The zero-order valence-electron chi connectivity index (χ0n) is 19.3. The Morgan fingerprint density at radius 1 is 1.18 bits per heavy atom. The number of nitrogens with zero attached hydrogens (tertiary/aromatic N) is 4. The van der Waals surface area contributed by atoms with Crippen molar-refractivity contribution in [2.45, 2.75) is 38.3 Å². The summed E-state index contributed by atoms with van der Waals surface area (Å²) in [4.78, 5) is 22.1. The highest BCUT2D eigenvalue weighted by molar-refractivity contribution is 9.10. The largest absolute Gasteiger partial charge is 0.506 e. The molecule has 180 valence electrons. The zero-order chi connectivity index (χ0) is 24.2. The van der Waals surface area contributed by atoms with E-state index in [4.69, 9.17) is 9.97 Å². The van der Waals surface area contributed by atoms with Crippen LogP contribution in [0.5, 0.6) is 5.75 Å². The van der Waals surface area contributed by atoms with Crippen LogP contribution < -0.4 is 15.5 Å². The molecule has 1 aliphatic rings. The number of nitro benzene ring substituents is 1. The Balaban J connectivity index is 1.30. The molecule has 1 heterocycles. The standard InChI is InChI=1S/C24H29BrN6O3/c1-30(2)23-19-5-3-4-6-21(19)28-24(29-23)27-17-9-7-15(8-10-17)13-26-14-16-11-18(31(33)34)12-20(25)22(16)32/h3-6,11-12,15,17,26,32H,7-10,13-14H2,1-2H3,(H,27,28,29)/t15-,17+. The molecule has 3 aromatic rings. The fourth-order valence-electron chi connectivity index (χ4n) is 4.45. The van der Waals surface area contributed by atoms with Crippen LogP contribution in [0.3, 0.4) is 0 Å². The minimum Gasteiger partial charge on any atom is -0.506 e. The molecule has 0 unspecified atom stereocenters. The highest BCUT2D eigenvalue weighted by Gasteiger charge is 2.22. The molecule has 1 fully saturated rings. The predicted octanol–water partition coefficient (Wildman–Crippen LogP) is 4.83. The molecule has 9 nitrogen and oxygen atoms in total. The topological polar surface area (TPSA) is 116 Å². The van der Waals surface area contributed by atoms with Gasteiger partial charge in [-0.1, -0.05) is 12.1 Å². The normalized spacial score (nSPS) is 18.1. The zero-order valence-corrected chi connectivity index (χ0v) is 20.9. The maximum Gasteiger partial charge on any atom is 0.271 e. The van der Waals surface area contributed by atoms with E-state index in [-0.39, 0.29) is 11.4 Å². The number of phenols is 1. The van der Waals surface area contributed by atoms with Gasteiger partial charge in [-0.2, -0.15) is 4.98 Å². The maximum atomic E-state index is 11.1. The van der Waals surface area contributed by atoms with Gasteiger partial charge in [0.1, 0.15) is 11.6 Å². The van der Waals surface area contributed by atoms with E-state index in [2.05, 4.69) is 26.6 Å². The number of phenolic OH excluding ortho intramolecular Hbond substituents is 1. The molecule has 10 heteroatoms. The van der Waals surface area contributed by atoms with E-state index >= 15 is 0 Å². The van der Waals surface area contributed by atoms with E-state index < -0.39 is 4.92 Å². The van der Waals surface area contributed by atoms with Crippen LogP contribution in [0.25, 0.3) is 10.9 Å². The molecule has 1 aliphatic carbocycles. The average Bonchev–Trinajstić information content (AvgIpc) is 2.82. The number of hydrogen-bond acceptors (Lipinski definition) is 8. The number of para-hydroxylation sites is 1. The molecule has 0 atom stereocenters. The number of benzene rings is 2. The van der Waals surface area contributed by atoms with E-state index in [1.54, 1.807) is 0 Å². The van der Waals surface area contributed by atoms with E-state index in [0.717, 1.165) is 48.9 Å². The summed E-state index contributed by atoms with van der Waals surface area (Å²) in [5, 5.41) is 29.2. The van der Waals surface area contributed by atoms with Gasteiger partial charge in [0.15, 0.2) is 0 Å². The van der Waals surface area contributed by atoms with Gasteiger partial charge in [-0.25, -0.2) is 4.98 Å². The lowest BCUT2D eigenvalue weighted by Crippen LogP contribution is -2.31. The van der Waals surface area contributed by atoms with E-state index in [1.165, 1.54) is 12.1 Å². The number of aromatic nitrogens is 2. The van der Waals surface area contributed by atoms with Crippen LogP contribution in [0, 0.1) is 16.0 Å². The second kappa shape index (κ2) is 10.5. The van der Waals surface area contributed by atoms with Gasteiger partial charge in [-0.15, -0.1) is 0 Å². The molecule has 0 bridgehead atoms. The molecule has 2 aromatic carbocycles. The van der Waals surface area contributed by atoms with Crippen LogP contribution in [-0.2, 0) is 6.54 Å². The van der Waals surface area contributed by atoms with Crippen molar-refractivity contribution in [1.82, 2.24) is 15.3 Å². The molecular formula is C24H29BrN6O3. The van der Waals surface area contributed by atoms with Crippen LogP contribution in [-0.4, -0.2) is 46.7 Å². The number of non-ortho nitro benzene ring substituents is 1. The van der Waals surface area contributed by atoms with Crippen molar-refractivity contribution in [3.05, 3.63) is 56.5 Å². The summed E-state index contributed by atoms with van der Waals surface area (Å²) in [6, 6.07) is 11.1. The molecule has 0 amide bonds. The summed E-state index contributed by atoms with van der Waals surface area (Å²) >= 11 is 3.19. The van der Waals surface area contributed by atoms with Crippen LogP contribution in [0.1, 0.15) is 31.2 Å². The Hall–Kier alpha value is -2.98. The molecule has 3 N–H and O–H groups in total. The molecule has 0 spiro atoms. The summed E-state index contributed by atoms with van der Waals surface area (Å²) in [7, 11) is 3.98. The fraction of sp³-hybridized carbons (Fsp3) is 0.417. The van der Waals surface area contributed by atoms with Crippen molar-refractivity contribution >= 4 is 44.3 Å². The average molecular weight is 529 g/mol. The minimum atomic E-state index is -0.456. The summed E-state index contributed by atoms with van der Waals surface area (Å²) in [6.07, 6.45) is 4.16. The van der Waals surface area contributed by atoms with E-state index in [1.807, 2.05) is 43.3 Å². The monoisotopic (exact) mass is 528 g/mol. The Morgan fingerprint density at radius 3 is 2.62 bits per heavy atom. The Bertz CT molecular complexity index is 1180. The number of anilines is 2. The SMILES string of the molecule is CN(C)c1nc(N[C@H]2CC[C@@H](CNCc3cc([N+](=O)[O-])cc(Br)c3O)CC2)nc2ccccc12. The molecule has 1 aromatic heterocycles. The number of aromatic hydroxyl groups is 1. The van der Waals surface area contributed by atoms with Crippen molar-refractivity contribution in [3.63, 3.8) is 0 Å². The first-order valence-corrected chi connectivity index (χ1v) is 12.2. The summed E-state index contributed by atoms with van der Waals surface area (Å²) in [6.45, 7) is 1.17. The highest BCUT2D eigenvalue weighted by atomic mass is 79.9. The van der Waals surface area contributed by atoms with Gasteiger partial charge in [0.05, 0.1) is 14.9 Å². The molecular weight excluding hydrogens is 500 g/mol. The minimum absolute atomic E-state index is 0.0403. The number of nitrogens with one attached hydrogen (secondary N) is 2. The van der Waals surface area contributed by atoms with Crippen LogP contribution in [0.15, 0.2) is 40.9 Å². The van der Waals surface area contributed by atoms with Gasteiger partial charge in [0, 0.05) is 49.8 Å². The van der Waals surface area contributed by atoms with Crippen molar-refractivity contribution in [2.75, 3.05) is 30.9 Å². The van der Waals surface area contributed by atoms with Crippen molar-refractivity contribution < 1.29 is 10.0 Å². The van der Waals surface area contributed by atoms with E-state index in [0.29, 0.717) is 34.5 Å². The van der Waals surface area contributed by atoms with Crippen LogP contribution in [0.4, 0.5) is 17.5 Å². The summed E-state index contributed by atoms with van der Waals surface area (Å²) in [5.74, 6) is 2.12. The third-order valence-corrected chi connectivity index (χ3v) is 6.88. The van der Waals surface area contributed by atoms with Gasteiger partial charge < -0.3 is 20.6 Å². The third-order valence-electron chi connectivity index (χ3n) is 6.27. The highest BCUT2D eigenvalue weighted by Crippen LogP contribution is 2.33. The number of rotatable bonds is 8. The lowest BCUT2D eigenvalue weighted by molar-refractivity contribution is -0.385. The molecule has 4 rings (SSSR count). The molecule has 1 saturated carbocycles. The Kier molecular flexibility index (Phi) is 7.47. The lowest BCUT2D eigenvalue weighted by atomic mass is 9.86. The quantitative estimate of drug-likeness (QED) is 0.281. The third kappa shape index (κ3) is 5.56. The van der Waals surface area contributed by atoms with Crippen molar-refractivity contribution in [3.8, 4) is 5.75 Å². The fourth-order valence-corrected chi connectivity index (χ4v) is 4.94. The second-order valence-corrected chi connectivity index (χ2v) is 9.82.